The summed E-state index contributed by atoms with van der Waals surface area (Å²) in [7, 11) is 0. The maximum Gasteiger partial charge on any atom is 0.0675 e. The van der Waals surface area contributed by atoms with Gasteiger partial charge in [0.05, 0.1) is 5.60 Å². The molecule has 0 aromatic rings. The summed E-state index contributed by atoms with van der Waals surface area (Å²) in [5.41, 5.74) is 2.00. The van der Waals surface area contributed by atoms with Crippen LogP contribution in [-0.2, 0) is 0 Å². The first-order valence-electron chi connectivity index (χ1n) is 12.5. The Morgan fingerprint density at radius 2 is 1.64 bits per heavy atom. The van der Waals surface area contributed by atoms with Crippen LogP contribution in [0.2, 0.25) is 0 Å². The Bertz CT molecular complexity index is 632. The van der Waals surface area contributed by atoms with Crippen molar-refractivity contribution in [3.63, 3.8) is 0 Å². The molecule has 0 aromatic carbocycles. The molecule has 1 N–H and O–H groups in total. The predicted octanol–water partition coefficient (Wildman–Crippen LogP) is 6.15. The minimum Gasteiger partial charge on any atom is -0.390 e. The van der Waals surface area contributed by atoms with Crippen molar-refractivity contribution in [3.05, 3.63) is 11.8 Å². The summed E-state index contributed by atoms with van der Waals surface area (Å²) >= 11 is 0. The monoisotopic (exact) mass is 385 g/mol. The van der Waals surface area contributed by atoms with Crippen molar-refractivity contribution in [3.8, 4) is 0 Å². The average molecular weight is 386 g/mol. The van der Waals surface area contributed by atoms with E-state index in [0.29, 0.717) is 5.41 Å². The van der Waals surface area contributed by atoms with Crippen molar-refractivity contribution in [1.82, 2.24) is 4.90 Å². The molecule has 0 aromatic heterocycles. The molecular weight excluding hydrogens is 342 g/mol. The summed E-state index contributed by atoms with van der Waals surface area (Å²) in [6.07, 6.45) is 18.7. The standard InChI is InChI=1S/C26H43NO/c1-24-17-19(18-27-15-5-4-6-16-27)7-8-20(24)9-10-21-22(24)11-13-25(2)23(21)12-14-26(25,3)28/h18,20-23,28H,4-17H2,1-3H3. The molecule has 5 aliphatic rings. The maximum atomic E-state index is 11.1. The molecule has 4 aliphatic carbocycles. The molecule has 0 radical (unpaired) electrons. The Kier molecular flexibility index (Phi) is 4.70. The lowest BCUT2D eigenvalue weighted by Gasteiger charge is -2.61. The molecule has 5 rings (SSSR count). The van der Waals surface area contributed by atoms with Crippen molar-refractivity contribution >= 4 is 0 Å². The van der Waals surface area contributed by atoms with Gasteiger partial charge in [-0.15, -0.1) is 0 Å². The molecule has 7 atom stereocenters. The van der Waals surface area contributed by atoms with Crippen LogP contribution < -0.4 is 0 Å². The highest BCUT2D eigenvalue weighted by Crippen LogP contribution is 2.68. The fraction of sp³-hybridized carbons (Fsp3) is 0.923. The van der Waals surface area contributed by atoms with Gasteiger partial charge in [0, 0.05) is 13.1 Å². The second kappa shape index (κ2) is 6.76. The molecule has 7 unspecified atom stereocenters. The van der Waals surface area contributed by atoms with Crippen LogP contribution in [-0.4, -0.2) is 28.7 Å². The Morgan fingerprint density at radius 1 is 0.893 bits per heavy atom. The third-order valence-corrected chi connectivity index (χ3v) is 10.8. The fourth-order valence-electron chi connectivity index (χ4n) is 8.88. The van der Waals surface area contributed by atoms with Crippen molar-refractivity contribution in [2.24, 2.45) is 34.5 Å². The van der Waals surface area contributed by atoms with E-state index in [9.17, 15) is 5.11 Å². The number of fused-ring (bicyclic) bond motifs is 5. The highest BCUT2D eigenvalue weighted by atomic mass is 16.3. The number of likely N-dealkylation sites (tertiary alicyclic amines) is 1. The molecule has 4 saturated carbocycles. The van der Waals surface area contributed by atoms with Crippen LogP contribution in [0.15, 0.2) is 11.8 Å². The quantitative estimate of drug-likeness (QED) is 0.585. The third kappa shape index (κ3) is 2.83. The summed E-state index contributed by atoms with van der Waals surface area (Å²) < 4.78 is 0. The third-order valence-electron chi connectivity index (χ3n) is 10.8. The normalized spacial score (nSPS) is 52.9. The second-order valence-corrected chi connectivity index (χ2v) is 12.0. The minimum atomic E-state index is -0.438. The summed E-state index contributed by atoms with van der Waals surface area (Å²) in [4.78, 5) is 2.63. The Balaban J connectivity index is 1.38. The van der Waals surface area contributed by atoms with Gasteiger partial charge in [-0.1, -0.05) is 19.4 Å². The molecule has 2 nitrogen and oxygen atoms in total. The molecule has 2 heteroatoms. The van der Waals surface area contributed by atoms with Gasteiger partial charge in [-0.3, -0.25) is 0 Å². The first kappa shape index (κ1) is 19.5. The molecule has 1 aliphatic heterocycles. The van der Waals surface area contributed by atoms with E-state index in [1.165, 1.54) is 83.7 Å². The molecule has 0 bridgehead atoms. The van der Waals surface area contributed by atoms with Crippen molar-refractivity contribution in [2.75, 3.05) is 13.1 Å². The Hall–Kier alpha value is -0.500. The number of rotatable bonds is 1. The van der Waals surface area contributed by atoms with Gasteiger partial charge < -0.3 is 10.0 Å². The fourth-order valence-corrected chi connectivity index (χ4v) is 8.88. The van der Waals surface area contributed by atoms with Gasteiger partial charge in [-0.25, -0.2) is 0 Å². The van der Waals surface area contributed by atoms with Crippen molar-refractivity contribution in [2.45, 2.75) is 103 Å². The Labute approximate surface area is 173 Å². The van der Waals surface area contributed by atoms with E-state index in [1.54, 1.807) is 5.57 Å². The SMILES string of the molecule is CC12CC(=CN3CCCCC3)CCC1CCC1C2CCC2(C)C1CCC2(C)O. The lowest BCUT2D eigenvalue weighted by Crippen LogP contribution is -2.55. The molecule has 0 amide bonds. The van der Waals surface area contributed by atoms with E-state index >= 15 is 0 Å². The molecule has 28 heavy (non-hydrogen) atoms. The van der Waals surface area contributed by atoms with E-state index in [1.807, 2.05) is 0 Å². The minimum absolute atomic E-state index is 0.165. The molecule has 0 spiro atoms. The predicted molar refractivity (Wildman–Crippen MR) is 116 cm³/mol. The number of nitrogens with zero attached hydrogens (tertiary/aromatic N) is 1. The Morgan fingerprint density at radius 3 is 2.43 bits per heavy atom. The van der Waals surface area contributed by atoms with Crippen molar-refractivity contribution < 1.29 is 5.11 Å². The van der Waals surface area contributed by atoms with E-state index in [4.69, 9.17) is 0 Å². The summed E-state index contributed by atoms with van der Waals surface area (Å²) in [6, 6.07) is 0. The van der Waals surface area contributed by atoms with E-state index in [-0.39, 0.29) is 5.41 Å². The van der Waals surface area contributed by atoms with Gasteiger partial charge in [0.2, 0.25) is 0 Å². The number of hydrogen-bond donors (Lipinski definition) is 1. The van der Waals surface area contributed by atoms with Gasteiger partial charge in [0.25, 0.3) is 0 Å². The highest BCUT2D eigenvalue weighted by Gasteiger charge is 2.63. The van der Waals surface area contributed by atoms with Gasteiger partial charge in [-0.05, 0) is 125 Å². The van der Waals surface area contributed by atoms with Crippen LogP contribution in [0.3, 0.4) is 0 Å². The molecule has 5 fully saturated rings. The molecule has 158 valence electrons. The molecule has 1 heterocycles. The number of piperidine rings is 1. The highest BCUT2D eigenvalue weighted by molar-refractivity contribution is 5.17. The molecular formula is C26H43NO. The second-order valence-electron chi connectivity index (χ2n) is 12.0. The number of hydrogen-bond acceptors (Lipinski definition) is 2. The molecule has 1 saturated heterocycles. The summed E-state index contributed by atoms with van der Waals surface area (Å²) in [5.74, 6) is 3.46. The van der Waals surface area contributed by atoms with E-state index < -0.39 is 5.60 Å². The summed E-state index contributed by atoms with van der Waals surface area (Å²) in [6.45, 7) is 9.81. The lowest BCUT2D eigenvalue weighted by molar-refractivity contribution is -0.141. The zero-order valence-electron chi connectivity index (χ0n) is 18.7. The first-order valence-corrected chi connectivity index (χ1v) is 12.5. The van der Waals surface area contributed by atoms with E-state index in [2.05, 4.69) is 31.9 Å². The van der Waals surface area contributed by atoms with Crippen LogP contribution in [0.1, 0.15) is 97.8 Å². The van der Waals surface area contributed by atoms with Crippen LogP contribution in [0.5, 0.6) is 0 Å². The first-order chi connectivity index (χ1) is 13.3. The zero-order chi connectivity index (χ0) is 19.6. The topological polar surface area (TPSA) is 23.5 Å². The number of aliphatic hydroxyl groups is 1. The zero-order valence-corrected chi connectivity index (χ0v) is 18.7. The summed E-state index contributed by atoms with van der Waals surface area (Å²) in [5, 5.41) is 11.1. The van der Waals surface area contributed by atoms with Crippen LogP contribution in [0, 0.1) is 34.5 Å². The average Bonchev–Trinajstić information content (AvgIpc) is 2.91. The van der Waals surface area contributed by atoms with Gasteiger partial charge in [-0.2, -0.15) is 0 Å². The number of allylic oxidation sites excluding steroid dienone is 1. The van der Waals surface area contributed by atoms with E-state index in [0.717, 1.165) is 30.1 Å². The van der Waals surface area contributed by atoms with Gasteiger partial charge in [0.1, 0.15) is 0 Å². The smallest absolute Gasteiger partial charge is 0.0675 e. The van der Waals surface area contributed by atoms with Crippen LogP contribution in [0.25, 0.3) is 0 Å². The van der Waals surface area contributed by atoms with Gasteiger partial charge >= 0.3 is 0 Å². The van der Waals surface area contributed by atoms with Gasteiger partial charge in [0.15, 0.2) is 0 Å². The van der Waals surface area contributed by atoms with Crippen molar-refractivity contribution in [1.29, 1.82) is 0 Å². The maximum absolute atomic E-state index is 11.1. The largest absolute Gasteiger partial charge is 0.390 e. The lowest BCUT2D eigenvalue weighted by atomic mass is 9.44. The van der Waals surface area contributed by atoms with Crippen LogP contribution in [0.4, 0.5) is 0 Å². The van der Waals surface area contributed by atoms with Crippen LogP contribution >= 0.6 is 0 Å².